The molecule has 17 heavy (non-hydrogen) atoms. The molecule has 2 aromatic rings. The minimum Gasteiger partial charge on any atom is -0.372 e. The quantitative estimate of drug-likeness (QED) is 0.788. The molecule has 2 aromatic heterocycles. The van der Waals surface area contributed by atoms with Crippen molar-refractivity contribution >= 4 is 11.2 Å². The van der Waals surface area contributed by atoms with Gasteiger partial charge in [-0.05, 0) is 25.0 Å². The minimum atomic E-state index is 0.518. The Morgan fingerprint density at radius 2 is 2.35 bits per heavy atom. The molecule has 2 N–H and O–H groups in total. The maximum absolute atomic E-state index is 5.48. The van der Waals surface area contributed by atoms with Gasteiger partial charge in [0.05, 0.1) is 6.61 Å². The van der Waals surface area contributed by atoms with Gasteiger partial charge in [0.1, 0.15) is 17.9 Å². The zero-order chi connectivity index (χ0) is 11.7. The lowest BCUT2D eigenvalue weighted by atomic mass is 10.4. The summed E-state index contributed by atoms with van der Waals surface area (Å²) in [7, 11) is 0. The summed E-state index contributed by atoms with van der Waals surface area (Å²) in [6, 6.07) is 4.47. The highest BCUT2D eigenvalue weighted by molar-refractivity contribution is 5.71. The first-order valence-corrected chi connectivity index (χ1v) is 6.00. The van der Waals surface area contributed by atoms with Gasteiger partial charge in [0.25, 0.3) is 0 Å². The predicted octanol–water partition coefficient (Wildman–Crippen LogP) is 1.24. The summed E-state index contributed by atoms with van der Waals surface area (Å²) in [6.07, 6.45) is 4.24. The smallest absolute Gasteiger partial charge is 0.160 e. The van der Waals surface area contributed by atoms with E-state index in [0.717, 1.165) is 17.0 Å². The number of fused-ring (bicyclic) bond motifs is 1. The van der Waals surface area contributed by atoms with Gasteiger partial charge in [-0.15, -0.1) is 0 Å². The minimum absolute atomic E-state index is 0.518. The fourth-order valence-corrected chi connectivity index (χ4v) is 2.04. The van der Waals surface area contributed by atoms with E-state index in [1.165, 1.54) is 12.8 Å². The number of nitrogens with zero attached hydrogens (tertiary/aromatic N) is 3. The summed E-state index contributed by atoms with van der Waals surface area (Å²) < 4.78 is 7.70. The molecule has 0 radical (unpaired) electrons. The third-order valence-electron chi connectivity index (χ3n) is 2.93. The number of aromatic nitrogens is 3. The summed E-state index contributed by atoms with van der Waals surface area (Å²) in [6.45, 7) is 1.63. The molecule has 0 unspecified atom stereocenters. The predicted molar refractivity (Wildman–Crippen MR) is 64.5 cm³/mol. The van der Waals surface area contributed by atoms with Crippen LogP contribution in [0.1, 0.15) is 24.7 Å². The average molecular weight is 232 g/mol. The Hall–Kier alpha value is -1.46. The van der Waals surface area contributed by atoms with E-state index in [4.69, 9.17) is 10.5 Å². The Labute approximate surface area is 99.6 Å². The van der Waals surface area contributed by atoms with Gasteiger partial charge >= 0.3 is 0 Å². The van der Waals surface area contributed by atoms with Crippen LogP contribution < -0.4 is 5.73 Å². The number of pyridine rings is 1. The lowest BCUT2D eigenvalue weighted by Crippen LogP contribution is -2.10. The van der Waals surface area contributed by atoms with E-state index in [1.54, 1.807) is 0 Å². The molecule has 1 fully saturated rings. The van der Waals surface area contributed by atoms with Crippen molar-refractivity contribution in [3.05, 3.63) is 24.2 Å². The van der Waals surface area contributed by atoms with Crippen LogP contribution in [0.5, 0.6) is 0 Å². The fraction of sp³-hybridized carbons (Fsp3) is 0.500. The Morgan fingerprint density at radius 1 is 1.47 bits per heavy atom. The highest BCUT2D eigenvalue weighted by Gasteiger charge is 2.28. The molecule has 0 aliphatic heterocycles. The monoisotopic (exact) mass is 232 g/mol. The van der Waals surface area contributed by atoms with Gasteiger partial charge < -0.3 is 15.0 Å². The SMILES string of the molecule is NCCOCc1nc2cccnc2n1C1CC1. The molecule has 0 bridgehead atoms. The third kappa shape index (κ3) is 2.03. The van der Waals surface area contributed by atoms with E-state index in [0.29, 0.717) is 25.8 Å². The van der Waals surface area contributed by atoms with Crippen molar-refractivity contribution in [2.24, 2.45) is 5.73 Å². The number of nitrogens with two attached hydrogens (primary N) is 1. The van der Waals surface area contributed by atoms with Crippen molar-refractivity contribution in [3.63, 3.8) is 0 Å². The zero-order valence-corrected chi connectivity index (χ0v) is 9.67. The topological polar surface area (TPSA) is 66.0 Å². The van der Waals surface area contributed by atoms with Crippen LogP contribution in [0, 0.1) is 0 Å². The molecular formula is C12H16N4O. The molecule has 2 heterocycles. The average Bonchev–Trinajstić information content (AvgIpc) is 3.11. The van der Waals surface area contributed by atoms with Crippen LogP contribution in [0.2, 0.25) is 0 Å². The van der Waals surface area contributed by atoms with Gasteiger partial charge in [-0.25, -0.2) is 9.97 Å². The number of ether oxygens (including phenoxy) is 1. The van der Waals surface area contributed by atoms with Crippen molar-refractivity contribution < 1.29 is 4.74 Å². The van der Waals surface area contributed by atoms with Gasteiger partial charge in [-0.3, -0.25) is 0 Å². The Morgan fingerprint density at radius 3 is 3.12 bits per heavy atom. The summed E-state index contributed by atoms with van der Waals surface area (Å²) in [5.41, 5.74) is 7.34. The Kier molecular flexibility index (Phi) is 2.78. The van der Waals surface area contributed by atoms with Crippen LogP contribution in [0.3, 0.4) is 0 Å². The number of hydrogen-bond acceptors (Lipinski definition) is 4. The van der Waals surface area contributed by atoms with Gasteiger partial charge in [-0.2, -0.15) is 0 Å². The maximum atomic E-state index is 5.48. The molecule has 3 rings (SSSR count). The molecule has 5 nitrogen and oxygen atoms in total. The molecule has 0 amide bonds. The summed E-state index contributed by atoms with van der Waals surface area (Å²) in [5.74, 6) is 0.967. The molecular weight excluding hydrogens is 216 g/mol. The van der Waals surface area contributed by atoms with Crippen LogP contribution in [0.25, 0.3) is 11.2 Å². The molecule has 90 valence electrons. The lowest BCUT2D eigenvalue weighted by Gasteiger charge is -2.06. The Balaban J connectivity index is 1.95. The highest BCUT2D eigenvalue weighted by Crippen LogP contribution is 2.38. The van der Waals surface area contributed by atoms with E-state index in [-0.39, 0.29) is 0 Å². The summed E-state index contributed by atoms with van der Waals surface area (Å²) in [5, 5.41) is 0. The molecule has 1 aliphatic rings. The molecule has 0 spiro atoms. The zero-order valence-electron chi connectivity index (χ0n) is 9.67. The highest BCUT2D eigenvalue weighted by atomic mass is 16.5. The number of hydrogen-bond donors (Lipinski definition) is 1. The van der Waals surface area contributed by atoms with Gasteiger partial charge in [0.15, 0.2) is 5.65 Å². The van der Waals surface area contributed by atoms with Gasteiger partial charge in [0, 0.05) is 18.8 Å². The molecule has 0 aromatic carbocycles. The van der Waals surface area contributed by atoms with Crippen LogP contribution >= 0.6 is 0 Å². The maximum Gasteiger partial charge on any atom is 0.160 e. The van der Waals surface area contributed by atoms with Crippen LogP contribution in [0.4, 0.5) is 0 Å². The Bertz CT molecular complexity index is 518. The lowest BCUT2D eigenvalue weighted by molar-refractivity contribution is 0.120. The van der Waals surface area contributed by atoms with Crippen molar-refractivity contribution in [2.75, 3.05) is 13.2 Å². The summed E-state index contributed by atoms with van der Waals surface area (Å²) in [4.78, 5) is 8.99. The molecule has 1 aliphatic carbocycles. The van der Waals surface area contributed by atoms with Crippen LogP contribution in [-0.2, 0) is 11.3 Å². The molecule has 1 saturated carbocycles. The third-order valence-corrected chi connectivity index (χ3v) is 2.93. The van der Waals surface area contributed by atoms with E-state index in [1.807, 2.05) is 18.3 Å². The molecule has 5 heteroatoms. The second kappa shape index (κ2) is 4.43. The first-order chi connectivity index (χ1) is 8.40. The van der Waals surface area contributed by atoms with Gasteiger partial charge in [-0.1, -0.05) is 0 Å². The number of rotatable bonds is 5. The second-order valence-electron chi connectivity index (χ2n) is 4.32. The first-order valence-electron chi connectivity index (χ1n) is 6.00. The number of imidazole rings is 1. The van der Waals surface area contributed by atoms with E-state index in [2.05, 4.69) is 14.5 Å². The van der Waals surface area contributed by atoms with Crippen molar-refractivity contribution in [1.82, 2.24) is 14.5 Å². The molecule has 0 saturated heterocycles. The van der Waals surface area contributed by atoms with Crippen molar-refractivity contribution in [2.45, 2.75) is 25.5 Å². The van der Waals surface area contributed by atoms with Crippen LogP contribution in [-0.4, -0.2) is 27.7 Å². The van der Waals surface area contributed by atoms with Crippen molar-refractivity contribution in [1.29, 1.82) is 0 Å². The normalized spacial score (nSPS) is 15.6. The largest absolute Gasteiger partial charge is 0.372 e. The van der Waals surface area contributed by atoms with E-state index >= 15 is 0 Å². The van der Waals surface area contributed by atoms with Crippen LogP contribution in [0.15, 0.2) is 18.3 Å². The standard InChI is InChI=1S/C12H16N4O/c13-5-7-17-8-11-15-10-2-1-6-14-12(10)16(11)9-3-4-9/h1-2,6,9H,3-5,7-8,13H2. The van der Waals surface area contributed by atoms with Crippen molar-refractivity contribution in [3.8, 4) is 0 Å². The second-order valence-corrected chi connectivity index (χ2v) is 4.32. The first kappa shape index (κ1) is 10.7. The molecule has 0 atom stereocenters. The summed E-state index contributed by atoms with van der Waals surface area (Å²) >= 11 is 0. The van der Waals surface area contributed by atoms with E-state index < -0.39 is 0 Å². The fourth-order valence-electron chi connectivity index (χ4n) is 2.04. The van der Waals surface area contributed by atoms with E-state index in [9.17, 15) is 0 Å². The van der Waals surface area contributed by atoms with Gasteiger partial charge in [0.2, 0.25) is 0 Å².